The van der Waals surface area contributed by atoms with Crippen molar-refractivity contribution in [2.24, 2.45) is 21.7 Å². The van der Waals surface area contributed by atoms with Crippen molar-refractivity contribution in [2.75, 3.05) is 52.7 Å². The van der Waals surface area contributed by atoms with E-state index in [1.54, 1.807) is 0 Å². The molecule has 2 aliphatic rings. The molecule has 4 atom stereocenters. The van der Waals surface area contributed by atoms with Gasteiger partial charge in [-0.2, -0.15) is 0 Å². The van der Waals surface area contributed by atoms with Crippen molar-refractivity contribution >= 4 is 0 Å². The molecule has 2 bridgehead atoms. The van der Waals surface area contributed by atoms with Crippen molar-refractivity contribution in [3.05, 3.63) is 0 Å². The van der Waals surface area contributed by atoms with Crippen LogP contribution in [0.1, 0.15) is 54.4 Å². The Morgan fingerprint density at radius 3 is 1.54 bits per heavy atom. The number of piperidine rings is 1. The number of likely N-dealkylation sites (tertiary alicyclic amines) is 1. The first-order chi connectivity index (χ1) is 12.0. The first-order valence-electron chi connectivity index (χ1n) is 10.1. The highest BCUT2D eigenvalue weighted by molar-refractivity contribution is 4.96. The number of rotatable bonds is 3. The largest absolute Gasteiger partial charge is 0.396 e. The number of hydrogen-bond acceptors (Lipinski definition) is 5. The van der Waals surface area contributed by atoms with E-state index in [2.05, 4.69) is 32.6 Å². The van der Waals surface area contributed by atoms with Crippen LogP contribution in [-0.2, 0) is 9.47 Å². The Morgan fingerprint density at radius 2 is 1.19 bits per heavy atom. The topological polar surface area (TPSA) is 62.2 Å². The SMILES string of the molecule is CC(C)N1CC2(C)COCC(C)(CO)CC(C)(CO)COCC(C)(C1)C2. The average Bonchev–Trinajstić information content (AvgIpc) is 2.52. The molecule has 5 heteroatoms. The monoisotopic (exact) mass is 371 g/mol. The lowest BCUT2D eigenvalue weighted by Crippen LogP contribution is -2.56. The van der Waals surface area contributed by atoms with Gasteiger partial charge in [0, 0.05) is 40.8 Å². The maximum absolute atomic E-state index is 9.97. The van der Waals surface area contributed by atoms with Crippen LogP contribution >= 0.6 is 0 Å². The van der Waals surface area contributed by atoms with Crippen molar-refractivity contribution in [3.8, 4) is 0 Å². The molecule has 0 saturated carbocycles. The molecule has 2 aliphatic heterocycles. The van der Waals surface area contributed by atoms with Gasteiger partial charge in [0.2, 0.25) is 0 Å². The third-order valence-corrected chi connectivity index (χ3v) is 6.17. The second kappa shape index (κ2) is 8.04. The summed E-state index contributed by atoms with van der Waals surface area (Å²) in [6.45, 7) is 17.8. The second-order valence-corrected chi connectivity index (χ2v) is 10.9. The molecule has 4 unspecified atom stereocenters. The van der Waals surface area contributed by atoms with Crippen LogP contribution in [0.25, 0.3) is 0 Å². The Kier molecular flexibility index (Phi) is 6.83. The summed E-state index contributed by atoms with van der Waals surface area (Å²) in [5.41, 5.74) is -0.578. The lowest BCUT2D eigenvalue weighted by atomic mass is 9.69. The van der Waals surface area contributed by atoms with Crippen LogP contribution < -0.4 is 0 Å². The Morgan fingerprint density at radius 1 is 0.769 bits per heavy atom. The van der Waals surface area contributed by atoms with Gasteiger partial charge >= 0.3 is 0 Å². The van der Waals surface area contributed by atoms with Crippen molar-refractivity contribution < 1.29 is 19.7 Å². The normalized spacial score (nSPS) is 43.7. The molecule has 0 aromatic rings. The maximum atomic E-state index is 9.97. The lowest BCUT2D eigenvalue weighted by molar-refractivity contribution is -0.125. The van der Waals surface area contributed by atoms with Crippen LogP contribution in [-0.4, -0.2) is 73.9 Å². The highest BCUT2D eigenvalue weighted by Gasteiger charge is 2.45. The lowest BCUT2D eigenvalue weighted by Gasteiger charge is -2.51. The minimum atomic E-state index is -0.369. The van der Waals surface area contributed by atoms with E-state index in [1.165, 1.54) is 0 Å². The van der Waals surface area contributed by atoms with Gasteiger partial charge in [-0.1, -0.05) is 27.7 Å². The number of aliphatic hydroxyl groups excluding tert-OH is 2. The molecule has 0 spiro atoms. The zero-order valence-electron chi connectivity index (χ0n) is 17.8. The van der Waals surface area contributed by atoms with Crippen LogP contribution in [0.3, 0.4) is 0 Å². The van der Waals surface area contributed by atoms with E-state index >= 15 is 0 Å². The van der Waals surface area contributed by atoms with Gasteiger partial charge in [0.1, 0.15) is 0 Å². The summed E-state index contributed by atoms with van der Waals surface area (Å²) in [7, 11) is 0. The fourth-order valence-electron chi connectivity index (χ4n) is 5.16. The molecule has 2 saturated heterocycles. The third kappa shape index (κ3) is 5.41. The van der Waals surface area contributed by atoms with Crippen molar-refractivity contribution in [1.82, 2.24) is 4.90 Å². The number of aliphatic hydroxyl groups is 2. The zero-order valence-corrected chi connectivity index (χ0v) is 17.8. The molecule has 26 heavy (non-hydrogen) atoms. The quantitative estimate of drug-likeness (QED) is 0.798. The summed E-state index contributed by atoms with van der Waals surface area (Å²) in [4.78, 5) is 2.54. The second-order valence-electron chi connectivity index (χ2n) is 10.9. The molecule has 2 N–H and O–H groups in total. The van der Waals surface area contributed by atoms with E-state index in [9.17, 15) is 10.2 Å². The van der Waals surface area contributed by atoms with E-state index in [0.717, 1.165) is 19.5 Å². The van der Waals surface area contributed by atoms with E-state index in [4.69, 9.17) is 9.47 Å². The number of hydrogen-bond donors (Lipinski definition) is 2. The smallest absolute Gasteiger partial charge is 0.0542 e. The van der Waals surface area contributed by atoms with Gasteiger partial charge in [-0.25, -0.2) is 0 Å². The molecule has 154 valence electrons. The number of nitrogens with zero attached hydrogens (tertiary/aromatic N) is 1. The minimum Gasteiger partial charge on any atom is -0.396 e. The van der Waals surface area contributed by atoms with Gasteiger partial charge in [-0.15, -0.1) is 0 Å². The van der Waals surface area contributed by atoms with Gasteiger partial charge in [0.05, 0.1) is 39.6 Å². The summed E-state index contributed by atoms with van der Waals surface area (Å²) in [5, 5.41) is 19.9. The first kappa shape index (κ1) is 22.1. The molecule has 2 heterocycles. The van der Waals surface area contributed by atoms with Gasteiger partial charge in [-0.3, -0.25) is 4.90 Å². The molecule has 2 fully saturated rings. The summed E-state index contributed by atoms with van der Waals surface area (Å²) < 4.78 is 12.4. The molecule has 0 radical (unpaired) electrons. The Balaban J connectivity index is 2.25. The fourth-order valence-corrected chi connectivity index (χ4v) is 5.16. The van der Waals surface area contributed by atoms with Gasteiger partial charge in [0.15, 0.2) is 0 Å². The molecule has 0 aliphatic carbocycles. The van der Waals surface area contributed by atoms with E-state index in [1.807, 2.05) is 13.8 Å². The summed E-state index contributed by atoms with van der Waals surface area (Å²) in [6, 6.07) is 0.493. The van der Waals surface area contributed by atoms with Gasteiger partial charge in [0.25, 0.3) is 0 Å². The number of fused-ring (bicyclic) bond motifs is 2. The van der Waals surface area contributed by atoms with Crippen LogP contribution in [0, 0.1) is 21.7 Å². The van der Waals surface area contributed by atoms with E-state index < -0.39 is 0 Å². The third-order valence-electron chi connectivity index (χ3n) is 6.17. The molecule has 2 rings (SSSR count). The van der Waals surface area contributed by atoms with Crippen LogP contribution in [0.2, 0.25) is 0 Å². The van der Waals surface area contributed by atoms with Crippen LogP contribution in [0.15, 0.2) is 0 Å². The first-order valence-corrected chi connectivity index (χ1v) is 10.1. The summed E-state index contributed by atoms with van der Waals surface area (Å²) in [6.07, 6.45) is 1.74. The molecule has 0 aromatic carbocycles. The van der Waals surface area contributed by atoms with Gasteiger partial charge in [-0.05, 0) is 26.7 Å². The predicted octanol–water partition coefficient (Wildman–Crippen LogP) is 2.55. The van der Waals surface area contributed by atoms with E-state index in [0.29, 0.717) is 38.9 Å². The Bertz CT molecular complexity index is 437. The fraction of sp³-hybridized carbons (Fsp3) is 1.00. The van der Waals surface area contributed by atoms with Crippen molar-refractivity contribution in [3.63, 3.8) is 0 Å². The summed E-state index contributed by atoms with van der Waals surface area (Å²) in [5.74, 6) is 0. The molecular formula is C21H41NO4. The molecular weight excluding hydrogens is 330 g/mol. The standard InChI is InChI=1S/C21H41NO4/c1-17(2)22-9-18(3)7-19(4,10-22)14-26-16-21(6,12-24)8-20(5,11-23)15-25-13-18/h17,23-24H,7-16H2,1-6H3. The van der Waals surface area contributed by atoms with Crippen LogP contribution in [0.5, 0.6) is 0 Å². The number of ether oxygens (including phenoxy) is 2. The van der Waals surface area contributed by atoms with Crippen LogP contribution in [0.4, 0.5) is 0 Å². The summed E-state index contributed by atoms with van der Waals surface area (Å²) >= 11 is 0. The van der Waals surface area contributed by atoms with Crippen molar-refractivity contribution in [1.29, 1.82) is 0 Å². The highest BCUT2D eigenvalue weighted by atomic mass is 16.5. The zero-order chi connectivity index (χ0) is 19.6. The molecule has 5 nitrogen and oxygen atoms in total. The highest BCUT2D eigenvalue weighted by Crippen LogP contribution is 2.43. The van der Waals surface area contributed by atoms with E-state index in [-0.39, 0.29) is 34.9 Å². The van der Waals surface area contributed by atoms with Crippen molar-refractivity contribution in [2.45, 2.75) is 60.4 Å². The Hall–Kier alpha value is -0.200. The maximum Gasteiger partial charge on any atom is 0.0542 e. The minimum absolute atomic E-state index is 0.0507. The average molecular weight is 372 g/mol. The Labute approximate surface area is 160 Å². The molecule has 0 aromatic heterocycles. The molecule has 0 amide bonds. The predicted molar refractivity (Wildman–Crippen MR) is 104 cm³/mol. The van der Waals surface area contributed by atoms with Gasteiger partial charge < -0.3 is 19.7 Å².